The van der Waals surface area contributed by atoms with Gasteiger partial charge in [-0.3, -0.25) is 4.79 Å². The van der Waals surface area contributed by atoms with Crippen LogP contribution in [0.15, 0.2) is 0 Å². The highest BCUT2D eigenvalue weighted by molar-refractivity contribution is 5.81. The summed E-state index contributed by atoms with van der Waals surface area (Å²) in [4.78, 5) is 12.0. The molecule has 0 bridgehead atoms. The standard InChI is InChI=1S/C15H32N2O/c1-8-12(4)17-13(5)9-10-15(6,7)14(18)16-11(2)3/h11-13,17H,8-10H2,1-7H3,(H,16,18)/t12-,13?/m0/s1. The zero-order valence-corrected chi connectivity index (χ0v) is 13.3. The molecule has 0 rings (SSSR count). The number of carbonyl (C=O) groups excluding carboxylic acids is 1. The molecule has 0 saturated carbocycles. The fraction of sp³-hybridized carbons (Fsp3) is 0.933. The molecule has 0 aromatic heterocycles. The third-order valence-electron chi connectivity index (χ3n) is 3.42. The average Bonchev–Trinajstić information content (AvgIpc) is 2.25. The van der Waals surface area contributed by atoms with Crippen LogP contribution in [0.3, 0.4) is 0 Å². The fourth-order valence-electron chi connectivity index (χ4n) is 1.84. The minimum atomic E-state index is -0.282. The Hall–Kier alpha value is -0.570. The van der Waals surface area contributed by atoms with Crippen LogP contribution in [-0.4, -0.2) is 24.0 Å². The normalized spacial score (nSPS) is 15.6. The van der Waals surface area contributed by atoms with E-state index in [2.05, 4.69) is 31.4 Å². The maximum Gasteiger partial charge on any atom is 0.225 e. The van der Waals surface area contributed by atoms with Gasteiger partial charge in [0.25, 0.3) is 0 Å². The molecule has 1 amide bonds. The van der Waals surface area contributed by atoms with Crippen molar-refractivity contribution >= 4 is 5.91 Å². The first kappa shape index (κ1) is 17.4. The Morgan fingerprint density at radius 3 is 2.11 bits per heavy atom. The monoisotopic (exact) mass is 256 g/mol. The zero-order valence-electron chi connectivity index (χ0n) is 13.3. The molecule has 0 aliphatic heterocycles. The zero-order chi connectivity index (χ0) is 14.3. The average molecular weight is 256 g/mol. The summed E-state index contributed by atoms with van der Waals surface area (Å²) in [5.41, 5.74) is -0.282. The Labute approximate surface area is 113 Å². The first-order chi connectivity index (χ1) is 8.19. The Kier molecular flexibility index (Phi) is 7.53. The number of hydrogen-bond acceptors (Lipinski definition) is 2. The van der Waals surface area contributed by atoms with Gasteiger partial charge in [0.1, 0.15) is 0 Å². The van der Waals surface area contributed by atoms with Crippen LogP contribution in [-0.2, 0) is 4.79 Å². The molecule has 2 atom stereocenters. The van der Waals surface area contributed by atoms with E-state index in [0.717, 1.165) is 19.3 Å². The van der Waals surface area contributed by atoms with E-state index in [9.17, 15) is 4.79 Å². The highest BCUT2D eigenvalue weighted by atomic mass is 16.2. The van der Waals surface area contributed by atoms with E-state index in [1.165, 1.54) is 0 Å². The van der Waals surface area contributed by atoms with Crippen LogP contribution in [0.25, 0.3) is 0 Å². The van der Waals surface area contributed by atoms with E-state index < -0.39 is 0 Å². The molecule has 0 aromatic carbocycles. The van der Waals surface area contributed by atoms with Crippen LogP contribution in [0.4, 0.5) is 0 Å². The summed E-state index contributed by atoms with van der Waals surface area (Å²) in [7, 11) is 0. The lowest BCUT2D eigenvalue weighted by atomic mass is 9.85. The summed E-state index contributed by atoms with van der Waals surface area (Å²) in [6.07, 6.45) is 3.08. The lowest BCUT2D eigenvalue weighted by Gasteiger charge is -2.27. The molecule has 108 valence electrons. The summed E-state index contributed by atoms with van der Waals surface area (Å²) in [5.74, 6) is 0.160. The smallest absolute Gasteiger partial charge is 0.225 e. The van der Waals surface area contributed by atoms with E-state index in [0.29, 0.717) is 12.1 Å². The molecular formula is C15H32N2O. The van der Waals surface area contributed by atoms with Crippen molar-refractivity contribution in [1.82, 2.24) is 10.6 Å². The van der Waals surface area contributed by atoms with Crippen molar-refractivity contribution in [3.8, 4) is 0 Å². The largest absolute Gasteiger partial charge is 0.353 e. The van der Waals surface area contributed by atoms with Gasteiger partial charge in [-0.2, -0.15) is 0 Å². The van der Waals surface area contributed by atoms with Crippen LogP contribution >= 0.6 is 0 Å². The Morgan fingerprint density at radius 2 is 1.67 bits per heavy atom. The van der Waals surface area contributed by atoms with Crippen LogP contribution < -0.4 is 10.6 Å². The minimum absolute atomic E-state index is 0.160. The topological polar surface area (TPSA) is 41.1 Å². The van der Waals surface area contributed by atoms with E-state index in [1.807, 2.05) is 27.7 Å². The Morgan fingerprint density at radius 1 is 1.11 bits per heavy atom. The summed E-state index contributed by atoms with van der Waals surface area (Å²) in [6.45, 7) is 14.6. The summed E-state index contributed by atoms with van der Waals surface area (Å²) in [5, 5.41) is 6.55. The van der Waals surface area contributed by atoms with Gasteiger partial charge in [0.05, 0.1) is 0 Å². The van der Waals surface area contributed by atoms with Crippen molar-refractivity contribution in [3.63, 3.8) is 0 Å². The van der Waals surface area contributed by atoms with Crippen molar-refractivity contribution in [2.24, 2.45) is 5.41 Å². The van der Waals surface area contributed by atoms with E-state index >= 15 is 0 Å². The predicted octanol–water partition coefficient (Wildman–Crippen LogP) is 3.09. The molecule has 3 nitrogen and oxygen atoms in total. The Bertz CT molecular complexity index is 249. The van der Waals surface area contributed by atoms with Crippen LogP contribution in [0.2, 0.25) is 0 Å². The summed E-state index contributed by atoms with van der Waals surface area (Å²) in [6, 6.07) is 1.23. The molecule has 0 spiro atoms. The summed E-state index contributed by atoms with van der Waals surface area (Å²) < 4.78 is 0. The highest BCUT2D eigenvalue weighted by Gasteiger charge is 2.28. The Balaban J connectivity index is 4.13. The SMILES string of the molecule is CC[C@H](C)NC(C)CCC(C)(C)C(=O)NC(C)C. The van der Waals surface area contributed by atoms with E-state index in [4.69, 9.17) is 0 Å². The van der Waals surface area contributed by atoms with Crippen molar-refractivity contribution in [3.05, 3.63) is 0 Å². The molecule has 18 heavy (non-hydrogen) atoms. The van der Waals surface area contributed by atoms with E-state index in [1.54, 1.807) is 0 Å². The molecule has 3 heteroatoms. The van der Waals surface area contributed by atoms with Gasteiger partial charge in [-0.1, -0.05) is 20.8 Å². The minimum Gasteiger partial charge on any atom is -0.353 e. The molecule has 0 aliphatic carbocycles. The molecule has 0 radical (unpaired) electrons. The van der Waals surface area contributed by atoms with Crippen LogP contribution in [0.5, 0.6) is 0 Å². The number of hydrogen-bond donors (Lipinski definition) is 2. The number of rotatable bonds is 8. The summed E-state index contributed by atoms with van der Waals surface area (Å²) >= 11 is 0. The quantitative estimate of drug-likeness (QED) is 0.700. The van der Waals surface area contributed by atoms with Gasteiger partial charge in [0, 0.05) is 23.5 Å². The third kappa shape index (κ3) is 7.00. The van der Waals surface area contributed by atoms with Crippen molar-refractivity contribution < 1.29 is 4.79 Å². The number of amides is 1. The van der Waals surface area contributed by atoms with Crippen LogP contribution in [0.1, 0.15) is 67.7 Å². The van der Waals surface area contributed by atoms with Crippen molar-refractivity contribution in [2.75, 3.05) is 0 Å². The third-order valence-corrected chi connectivity index (χ3v) is 3.42. The lowest BCUT2D eigenvalue weighted by molar-refractivity contribution is -0.130. The van der Waals surface area contributed by atoms with E-state index in [-0.39, 0.29) is 17.4 Å². The van der Waals surface area contributed by atoms with Crippen molar-refractivity contribution in [2.45, 2.75) is 85.9 Å². The van der Waals surface area contributed by atoms with Gasteiger partial charge in [0.15, 0.2) is 0 Å². The molecule has 0 saturated heterocycles. The molecule has 1 unspecified atom stereocenters. The lowest BCUT2D eigenvalue weighted by Crippen LogP contribution is -2.42. The second-order valence-electron chi connectivity index (χ2n) is 6.43. The van der Waals surface area contributed by atoms with Crippen LogP contribution in [0, 0.1) is 5.41 Å². The maximum atomic E-state index is 12.0. The van der Waals surface area contributed by atoms with Gasteiger partial charge in [-0.15, -0.1) is 0 Å². The molecule has 2 N–H and O–H groups in total. The number of carbonyl (C=O) groups is 1. The second kappa shape index (κ2) is 7.78. The molecule has 0 aromatic rings. The van der Waals surface area contributed by atoms with Crippen molar-refractivity contribution in [1.29, 1.82) is 0 Å². The molecule has 0 fully saturated rings. The van der Waals surface area contributed by atoms with Gasteiger partial charge in [-0.05, 0) is 47.0 Å². The molecular weight excluding hydrogens is 224 g/mol. The first-order valence-corrected chi connectivity index (χ1v) is 7.26. The van der Waals surface area contributed by atoms with Gasteiger partial charge in [0.2, 0.25) is 5.91 Å². The fourth-order valence-corrected chi connectivity index (χ4v) is 1.84. The molecule has 0 aliphatic rings. The van der Waals surface area contributed by atoms with Gasteiger partial charge in [-0.25, -0.2) is 0 Å². The van der Waals surface area contributed by atoms with Gasteiger partial charge < -0.3 is 10.6 Å². The second-order valence-corrected chi connectivity index (χ2v) is 6.43. The number of nitrogens with one attached hydrogen (secondary N) is 2. The predicted molar refractivity (Wildman–Crippen MR) is 78.6 cm³/mol. The highest BCUT2D eigenvalue weighted by Crippen LogP contribution is 2.23. The maximum absolute atomic E-state index is 12.0. The molecule has 0 heterocycles. The first-order valence-electron chi connectivity index (χ1n) is 7.26. The van der Waals surface area contributed by atoms with Gasteiger partial charge >= 0.3 is 0 Å².